The number of carbonyl (C=O) groups is 1. The molecule has 0 aliphatic rings. The van der Waals surface area contributed by atoms with E-state index in [0.29, 0.717) is 18.7 Å². The van der Waals surface area contributed by atoms with E-state index in [1.807, 2.05) is 18.2 Å². The molecule has 5 nitrogen and oxygen atoms in total. The number of carbonyl (C=O) groups excluding carboxylic acids is 1. The Labute approximate surface area is 175 Å². The lowest BCUT2D eigenvalue weighted by Gasteiger charge is -2.21. The molecule has 2 rings (SSSR count). The summed E-state index contributed by atoms with van der Waals surface area (Å²) in [4.78, 5) is 13.2. The normalized spacial score (nSPS) is 12.0. The Morgan fingerprint density at radius 1 is 0.931 bits per heavy atom. The zero-order chi connectivity index (χ0) is 21.8. The molecule has 0 aliphatic carbocycles. The summed E-state index contributed by atoms with van der Waals surface area (Å²) in [5, 5.41) is 3.05. The first-order valence-electron chi connectivity index (χ1n) is 10.2. The molecule has 2 aromatic rings. The Bertz CT molecular complexity index is 936. The van der Waals surface area contributed by atoms with Gasteiger partial charge in [0.2, 0.25) is 10.0 Å². The highest BCUT2D eigenvalue weighted by molar-refractivity contribution is 7.89. The van der Waals surface area contributed by atoms with Crippen LogP contribution in [0, 0.1) is 0 Å². The number of benzene rings is 2. The average Bonchev–Trinajstić information content (AvgIpc) is 2.68. The van der Waals surface area contributed by atoms with E-state index in [-0.39, 0.29) is 22.6 Å². The van der Waals surface area contributed by atoms with Crippen molar-refractivity contribution in [1.82, 2.24) is 4.31 Å². The van der Waals surface area contributed by atoms with Gasteiger partial charge in [0, 0.05) is 24.3 Å². The number of amides is 1. The van der Waals surface area contributed by atoms with Gasteiger partial charge in [-0.25, -0.2) is 8.42 Å². The Kier molecular flexibility index (Phi) is 7.60. The van der Waals surface area contributed by atoms with Crippen LogP contribution >= 0.6 is 0 Å². The third-order valence-corrected chi connectivity index (χ3v) is 7.10. The van der Waals surface area contributed by atoms with E-state index >= 15 is 0 Å². The summed E-state index contributed by atoms with van der Waals surface area (Å²) in [6.45, 7) is 12.7. The van der Waals surface area contributed by atoms with E-state index in [2.05, 4.69) is 33.0 Å². The van der Waals surface area contributed by atoms with Crippen LogP contribution < -0.4 is 5.32 Å². The van der Waals surface area contributed by atoms with E-state index < -0.39 is 10.0 Å². The number of anilines is 1. The summed E-state index contributed by atoms with van der Waals surface area (Å²) in [6.07, 6.45) is 0. The van der Waals surface area contributed by atoms with Gasteiger partial charge in [0.05, 0.1) is 4.90 Å². The number of nitrogens with zero attached hydrogens (tertiary/aromatic N) is 1. The van der Waals surface area contributed by atoms with Gasteiger partial charge in [-0.3, -0.25) is 4.79 Å². The minimum Gasteiger partial charge on any atom is -0.321 e. The van der Waals surface area contributed by atoms with Crippen LogP contribution in [0.15, 0.2) is 47.4 Å². The van der Waals surface area contributed by atoms with Gasteiger partial charge in [0.25, 0.3) is 5.91 Å². The molecule has 0 saturated carbocycles. The highest BCUT2D eigenvalue weighted by Crippen LogP contribution is 2.32. The van der Waals surface area contributed by atoms with Crippen molar-refractivity contribution < 1.29 is 13.2 Å². The molecule has 0 heterocycles. The first-order valence-corrected chi connectivity index (χ1v) is 11.6. The van der Waals surface area contributed by atoms with Crippen molar-refractivity contribution in [3.8, 4) is 0 Å². The topological polar surface area (TPSA) is 66.5 Å². The predicted octanol–water partition coefficient (Wildman–Crippen LogP) is 5.22. The summed E-state index contributed by atoms with van der Waals surface area (Å²) in [5.41, 5.74) is 3.28. The second-order valence-electron chi connectivity index (χ2n) is 7.69. The van der Waals surface area contributed by atoms with Crippen molar-refractivity contribution >= 4 is 21.6 Å². The first-order chi connectivity index (χ1) is 13.6. The van der Waals surface area contributed by atoms with Crippen molar-refractivity contribution in [3.05, 3.63) is 59.2 Å². The molecule has 0 radical (unpaired) electrons. The van der Waals surface area contributed by atoms with Crippen LogP contribution in [-0.4, -0.2) is 31.7 Å². The number of para-hydroxylation sites is 1. The Balaban J connectivity index is 2.44. The summed E-state index contributed by atoms with van der Waals surface area (Å²) in [5.74, 6) is 0.188. The summed E-state index contributed by atoms with van der Waals surface area (Å²) in [7, 11) is -3.62. The fraction of sp³-hybridized carbons (Fsp3) is 0.435. The number of hydrogen-bond donors (Lipinski definition) is 1. The minimum atomic E-state index is -3.62. The lowest BCUT2D eigenvalue weighted by atomic mass is 9.92. The molecule has 6 heteroatoms. The van der Waals surface area contributed by atoms with Gasteiger partial charge in [0.15, 0.2) is 0 Å². The molecule has 0 saturated heterocycles. The van der Waals surface area contributed by atoms with Crippen LogP contribution in [0.1, 0.15) is 74.9 Å². The molecule has 0 aliphatic heterocycles. The largest absolute Gasteiger partial charge is 0.321 e. The van der Waals surface area contributed by atoms with E-state index in [1.165, 1.54) is 16.4 Å². The van der Waals surface area contributed by atoms with Crippen molar-refractivity contribution in [2.75, 3.05) is 18.4 Å². The second-order valence-corrected chi connectivity index (χ2v) is 9.63. The lowest BCUT2D eigenvalue weighted by molar-refractivity contribution is 0.102. The quantitative estimate of drug-likeness (QED) is 0.642. The lowest BCUT2D eigenvalue weighted by Crippen LogP contribution is -2.30. The third-order valence-electron chi connectivity index (χ3n) is 5.05. The van der Waals surface area contributed by atoms with Gasteiger partial charge in [-0.1, -0.05) is 65.8 Å². The van der Waals surface area contributed by atoms with Gasteiger partial charge in [-0.15, -0.1) is 0 Å². The smallest absolute Gasteiger partial charge is 0.255 e. The number of nitrogens with one attached hydrogen (secondary N) is 1. The molecule has 158 valence electrons. The predicted molar refractivity (Wildman–Crippen MR) is 119 cm³/mol. The van der Waals surface area contributed by atoms with Gasteiger partial charge < -0.3 is 5.32 Å². The van der Waals surface area contributed by atoms with Crippen LogP contribution in [0.25, 0.3) is 0 Å². The highest BCUT2D eigenvalue weighted by Gasteiger charge is 2.23. The fourth-order valence-corrected chi connectivity index (χ4v) is 4.90. The summed E-state index contributed by atoms with van der Waals surface area (Å²) in [6, 6.07) is 12.3. The molecule has 1 N–H and O–H groups in total. The van der Waals surface area contributed by atoms with Gasteiger partial charge in [0.1, 0.15) is 0 Å². The Morgan fingerprint density at radius 2 is 1.45 bits per heavy atom. The van der Waals surface area contributed by atoms with Crippen LogP contribution in [0.3, 0.4) is 0 Å². The Morgan fingerprint density at radius 3 is 1.93 bits per heavy atom. The minimum absolute atomic E-state index is 0.134. The second kappa shape index (κ2) is 9.55. The number of rotatable bonds is 8. The molecule has 1 amide bonds. The number of sulfonamides is 1. The molecule has 0 atom stereocenters. The highest BCUT2D eigenvalue weighted by atomic mass is 32.2. The third kappa shape index (κ3) is 5.06. The van der Waals surface area contributed by atoms with Crippen molar-refractivity contribution in [2.24, 2.45) is 0 Å². The maximum absolute atomic E-state index is 13.0. The van der Waals surface area contributed by atoms with Gasteiger partial charge >= 0.3 is 0 Å². The van der Waals surface area contributed by atoms with E-state index in [9.17, 15) is 13.2 Å². The van der Waals surface area contributed by atoms with Crippen LogP contribution in [0.5, 0.6) is 0 Å². The van der Waals surface area contributed by atoms with Crippen molar-refractivity contribution in [1.29, 1.82) is 0 Å². The van der Waals surface area contributed by atoms with Crippen molar-refractivity contribution in [3.63, 3.8) is 0 Å². The van der Waals surface area contributed by atoms with Crippen LogP contribution in [0.4, 0.5) is 5.69 Å². The van der Waals surface area contributed by atoms with E-state index in [4.69, 9.17) is 0 Å². The van der Waals surface area contributed by atoms with Crippen molar-refractivity contribution in [2.45, 2.75) is 58.3 Å². The summed E-state index contributed by atoms with van der Waals surface area (Å²) >= 11 is 0. The first kappa shape index (κ1) is 23.1. The zero-order valence-corrected chi connectivity index (χ0v) is 19.0. The van der Waals surface area contributed by atoms with Gasteiger partial charge in [-0.2, -0.15) is 4.31 Å². The van der Waals surface area contributed by atoms with E-state index in [0.717, 1.165) is 16.8 Å². The molecular formula is C23H32N2O3S. The molecule has 29 heavy (non-hydrogen) atoms. The maximum atomic E-state index is 13.0. The molecule has 0 unspecified atom stereocenters. The number of hydrogen-bond acceptors (Lipinski definition) is 3. The Hall–Kier alpha value is -2.18. The van der Waals surface area contributed by atoms with E-state index in [1.54, 1.807) is 26.0 Å². The van der Waals surface area contributed by atoms with Crippen LogP contribution in [0.2, 0.25) is 0 Å². The average molecular weight is 417 g/mol. The maximum Gasteiger partial charge on any atom is 0.255 e. The standard InChI is InChI=1S/C23H32N2O3S/c1-7-25(8-2)29(27,28)19-12-9-11-18(15-19)23(26)24-22-20(16(3)4)13-10-14-21(22)17(5)6/h9-17H,7-8H2,1-6H3,(H,24,26). The SMILES string of the molecule is CCN(CC)S(=O)(=O)c1cccc(C(=O)Nc2c(C(C)C)cccc2C(C)C)c1. The molecule has 0 bridgehead atoms. The molecule has 0 fully saturated rings. The van der Waals surface area contributed by atoms with Gasteiger partial charge in [-0.05, 0) is 41.2 Å². The molecule has 2 aromatic carbocycles. The molecule has 0 aromatic heterocycles. The summed E-state index contributed by atoms with van der Waals surface area (Å²) < 4.78 is 27.0. The molecule has 0 spiro atoms. The zero-order valence-electron chi connectivity index (χ0n) is 18.2. The monoisotopic (exact) mass is 416 g/mol. The van der Waals surface area contributed by atoms with Crippen LogP contribution in [-0.2, 0) is 10.0 Å². The molecular weight excluding hydrogens is 384 g/mol. The fourth-order valence-electron chi connectivity index (χ4n) is 3.39.